The Labute approximate surface area is 157 Å². The van der Waals surface area contributed by atoms with E-state index >= 15 is 0 Å². The summed E-state index contributed by atoms with van der Waals surface area (Å²) in [6, 6.07) is 10.1. The van der Waals surface area contributed by atoms with Gasteiger partial charge in [0.1, 0.15) is 11.5 Å². The molecular formula is C18H20N2O6S. The summed E-state index contributed by atoms with van der Waals surface area (Å²) in [5.41, 5.74) is -0.262. The minimum atomic E-state index is -4.14. The normalized spacial score (nSPS) is 14.7. The first-order valence-electron chi connectivity index (χ1n) is 8.51. The number of benzene rings is 2. The van der Waals surface area contributed by atoms with Gasteiger partial charge in [-0.15, -0.1) is 0 Å². The highest BCUT2D eigenvalue weighted by molar-refractivity contribution is 7.92. The Hall–Kier alpha value is -2.81. The van der Waals surface area contributed by atoms with E-state index in [4.69, 9.17) is 9.47 Å². The van der Waals surface area contributed by atoms with Crippen LogP contribution in [-0.4, -0.2) is 26.6 Å². The molecular weight excluding hydrogens is 372 g/mol. The van der Waals surface area contributed by atoms with Crippen LogP contribution in [0.4, 0.5) is 11.4 Å². The topological polar surface area (TPSA) is 108 Å². The number of nitro benzene ring substituents is 1. The Morgan fingerprint density at radius 1 is 1.07 bits per heavy atom. The average molecular weight is 392 g/mol. The second kappa shape index (κ2) is 7.83. The maximum atomic E-state index is 12.6. The third kappa shape index (κ3) is 4.48. The molecule has 0 aromatic heterocycles. The lowest BCUT2D eigenvalue weighted by Crippen LogP contribution is -2.15. The molecule has 0 aliphatic heterocycles. The van der Waals surface area contributed by atoms with Gasteiger partial charge in [0.2, 0.25) is 0 Å². The predicted octanol–water partition coefficient (Wildman–Crippen LogP) is 3.73. The van der Waals surface area contributed by atoms with Gasteiger partial charge >= 0.3 is 0 Å². The number of nitrogens with one attached hydrogen (secondary N) is 1. The molecule has 9 heteroatoms. The van der Waals surface area contributed by atoms with Crippen LogP contribution >= 0.6 is 0 Å². The summed E-state index contributed by atoms with van der Waals surface area (Å²) in [6.45, 7) is 0. The fourth-order valence-electron chi connectivity index (χ4n) is 3.00. The Kier molecular flexibility index (Phi) is 5.50. The molecule has 1 aliphatic carbocycles. The molecule has 0 saturated heterocycles. The lowest BCUT2D eigenvalue weighted by molar-refractivity contribution is -0.387. The minimum Gasteiger partial charge on any atom is -0.497 e. The number of nitro groups is 1. The number of nitrogens with zero attached hydrogens (tertiary/aromatic N) is 1. The van der Waals surface area contributed by atoms with Gasteiger partial charge in [-0.05, 0) is 62.1 Å². The monoisotopic (exact) mass is 392 g/mol. The van der Waals surface area contributed by atoms with Crippen molar-refractivity contribution in [3.05, 3.63) is 52.6 Å². The molecule has 0 amide bonds. The van der Waals surface area contributed by atoms with E-state index in [1.165, 1.54) is 13.2 Å². The lowest BCUT2D eigenvalue weighted by atomic mass is 10.3. The van der Waals surface area contributed by atoms with Crippen molar-refractivity contribution in [2.24, 2.45) is 0 Å². The quantitative estimate of drug-likeness (QED) is 0.568. The first-order chi connectivity index (χ1) is 12.9. The molecule has 0 bridgehead atoms. The first kappa shape index (κ1) is 19.0. The molecule has 2 aromatic rings. The summed E-state index contributed by atoms with van der Waals surface area (Å²) in [5, 5.41) is 11.2. The average Bonchev–Trinajstić information content (AvgIpc) is 3.15. The molecule has 3 rings (SSSR count). The number of methoxy groups -OCH3 is 1. The molecule has 27 heavy (non-hydrogen) atoms. The third-order valence-electron chi connectivity index (χ3n) is 4.36. The van der Waals surface area contributed by atoms with Crippen molar-refractivity contribution in [3.63, 3.8) is 0 Å². The standard InChI is InChI=1S/C18H20N2O6S/c1-25-16-10-11-18(17(12-16)20(21)22)27(23,24)19-13-6-8-15(9-7-13)26-14-4-2-3-5-14/h6-12,14,19H,2-5H2,1H3. The molecule has 0 radical (unpaired) electrons. The number of sulfonamides is 1. The van der Waals surface area contributed by atoms with E-state index in [1.54, 1.807) is 24.3 Å². The maximum Gasteiger partial charge on any atom is 0.293 e. The van der Waals surface area contributed by atoms with Crippen molar-refractivity contribution >= 4 is 21.4 Å². The molecule has 144 valence electrons. The van der Waals surface area contributed by atoms with Crippen LogP contribution < -0.4 is 14.2 Å². The Balaban J connectivity index is 1.79. The van der Waals surface area contributed by atoms with Gasteiger partial charge < -0.3 is 9.47 Å². The van der Waals surface area contributed by atoms with Crippen molar-refractivity contribution in [2.75, 3.05) is 11.8 Å². The highest BCUT2D eigenvalue weighted by Gasteiger charge is 2.26. The zero-order valence-electron chi connectivity index (χ0n) is 14.8. The van der Waals surface area contributed by atoms with Crippen LogP contribution in [0.5, 0.6) is 11.5 Å². The third-order valence-corrected chi connectivity index (χ3v) is 5.79. The van der Waals surface area contributed by atoms with Crippen LogP contribution in [0.1, 0.15) is 25.7 Å². The van der Waals surface area contributed by atoms with Crippen molar-refractivity contribution < 1.29 is 22.8 Å². The number of hydrogen-bond donors (Lipinski definition) is 1. The van der Waals surface area contributed by atoms with Gasteiger partial charge in [0.15, 0.2) is 4.90 Å². The molecule has 1 saturated carbocycles. The fraction of sp³-hybridized carbons (Fsp3) is 0.333. The maximum absolute atomic E-state index is 12.6. The Morgan fingerprint density at radius 3 is 2.30 bits per heavy atom. The fourth-order valence-corrected chi connectivity index (χ4v) is 4.22. The SMILES string of the molecule is COc1ccc(S(=O)(=O)Nc2ccc(OC3CCCC3)cc2)c([N+](=O)[O-])c1. The summed E-state index contributed by atoms with van der Waals surface area (Å²) in [5.74, 6) is 0.870. The Morgan fingerprint density at radius 2 is 1.70 bits per heavy atom. The van der Waals surface area contributed by atoms with Gasteiger partial charge in [-0.1, -0.05) is 0 Å². The van der Waals surface area contributed by atoms with E-state index in [0.717, 1.165) is 37.8 Å². The number of hydrogen-bond acceptors (Lipinski definition) is 6. The second-order valence-corrected chi connectivity index (χ2v) is 7.90. The summed E-state index contributed by atoms with van der Waals surface area (Å²) in [4.78, 5) is 10.1. The van der Waals surface area contributed by atoms with Crippen molar-refractivity contribution in [3.8, 4) is 11.5 Å². The van der Waals surface area contributed by atoms with Crippen LogP contribution in [0.3, 0.4) is 0 Å². The van der Waals surface area contributed by atoms with Crippen molar-refractivity contribution in [1.29, 1.82) is 0 Å². The molecule has 1 fully saturated rings. The highest BCUT2D eigenvalue weighted by Crippen LogP contribution is 2.30. The van der Waals surface area contributed by atoms with Gasteiger partial charge in [0, 0.05) is 5.69 Å². The second-order valence-electron chi connectivity index (χ2n) is 6.24. The summed E-state index contributed by atoms with van der Waals surface area (Å²) < 4.78 is 38.3. The number of anilines is 1. The van der Waals surface area contributed by atoms with E-state index in [9.17, 15) is 18.5 Å². The summed E-state index contributed by atoms with van der Waals surface area (Å²) >= 11 is 0. The molecule has 1 aliphatic rings. The van der Waals surface area contributed by atoms with Gasteiger partial charge in [0.25, 0.3) is 15.7 Å². The molecule has 1 N–H and O–H groups in total. The van der Waals surface area contributed by atoms with Crippen LogP contribution in [0.25, 0.3) is 0 Å². The molecule has 2 aromatic carbocycles. The number of rotatable bonds is 7. The molecule has 0 heterocycles. The van der Waals surface area contributed by atoms with E-state index in [0.29, 0.717) is 11.4 Å². The molecule has 0 atom stereocenters. The lowest BCUT2D eigenvalue weighted by Gasteiger charge is -2.14. The number of ether oxygens (including phenoxy) is 2. The van der Waals surface area contributed by atoms with Crippen molar-refractivity contribution in [1.82, 2.24) is 0 Å². The smallest absolute Gasteiger partial charge is 0.293 e. The van der Waals surface area contributed by atoms with Crippen LogP contribution in [0, 0.1) is 10.1 Å². The minimum absolute atomic E-state index is 0.203. The van der Waals surface area contributed by atoms with Crippen LogP contribution in [-0.2, 0) is 10.0 Å². The molecule has 8 nitrogen and oxygen atoms in total. The predicted molar refractivity (Wildman–Crippen MR) is 99.8 cm³/mol. The van der Waals surface area contributed by atoms with E-state index in [-0.39, 0.29) is 11.9 Å². The Bertz CT molecular complexity index is 921. The largest absolute Gasteiger partial charge is 0.497 e. The first-order valence-corrected chi connectivity index (χ1v) is 9.99. The summed E-state index contributed by atoms with van der Waals surface area (Å²) in [6.07, 6.45) is 4.56. The highest BCUT2D eigenvalue weighted by atomic mass is 32.2. The van der Waals surface area contributed by atoms with Crippen LogP contribution in [0.15, 0.2) is 47.4 Å². The zero-order chi connectivity index (χ0) is 19.4. The van der Waals surface area contributed by atoms with Gasteiger partial charge in [-0.2, -0.15) is 0 Å². The van der Waals surface area contributed by atoms with E-state index in [2.05, 4.69) is 4.72 Å². The van der Waals surface area contributed by atoms with Gasteiger partial charge in [-0.25, -0.2) is 8.42 Å². The van der Waals surface area contributed by atoms with E-state index in [1.807, 2.05) is 0 Å². The van der Waals surface area contributed by atoms with Gasteiger partial charge in [-0.3, -0.25) is 14.8 Å². The van der Waals surface area contributed by atoms with Crippen LogP contribution in [0.2, 0.25) is 0 Å². The zero-order valence-corrected chi connectivity index (χ0v) is 15.6. The van der Waals surface area contributed by atoms with E-state index < -0.39 is 25.5 Å². The molecule has 0 unspecified atom stereocenters. The van der Waals surface area contributed by atoms with Gasteiger partial charge in [0.05, 0.1) is 24.2 Å². The summed E-state index contributed by atoms with van der Waals surface area (Å²) in [7, 11) is -2.79. The molecule has 0 spiro atoms. The van der Waals surface area contributed by atoms with Crippen molar-refractivity contribution in [2.45, 2.75) is 36.7 Å².